The van der Waals surface area contributed by atoms with E-state index in [-0.39, 0.29) is 0 Å². The van der Waals surface area contributed by atoms with E-state index in [1.807, 2.05) is 6.92 Å². The molecule has 0 saturated carbocycles. The fraction of sp³-hybridized carbons (Fsp3) is 0.357. The van der Waals surface area contributed by atoms with Crippen molar-refractivity contribution in [1.82, 2.24) is 9.78 Å². The highest BCUT2D eigenvalue weighted by atomic mass is 79.9. The quantitative estimate of drug-likeness (QED) is 0.909. The van der Waals surface area contributed by atoms with Gasteiger partial charge in [0.25, 0.3) is 0 Å². The van der Waals surface area contributed by atoms with E-state index in [1.165, 1.54) is 0 Å². The summed E-state index contributed by atoms with van der Waals surface area (Å²) in [7, 11) is 3.14. The van der Waals surface area contributed by atoms with Gasteiger partial charge in [-0.3, -0.25) is 4.68 Å². The fourth-order valence-corrected chi connectivity index (χ4v) is 2.62. The lowest BCUT2D eigenvalue weighted by molar-refractivity contribution is 0.206. The molecular weight excluding hydrogens is 324 g/mol. The minimum atomic E-state index is -0.786. The summed E-state index contributed by atoms with van der Waals surface area (Å²) in [6, 6.07) is 5.35. The van der Waals surface area contributed by atoms with Gasteiger partial charge in [-0.1, -0.05) is 15.9 Å². The zero-order chi connectivity index (χ0) is 14.7. The Morgan fingerprint density at radius 3 is 2.55 bits per heavy atom. The molecule has 0 radical (unpaired) electrons. The lowest BCUT2D eigenvalue weighted by Gasteiger charge is -2.17. The van der Waals surface area contributed by atoms with E-state index in [1.54, 1.807) is 43.3 Å². The van der Waals surface area contributed by atoms with Crippen molar-refractivity contribution in [3.8, 4) is 11.5 Å². The van der Waals surface area contributed by atoms with Crippen LogP contribution < -0.4 is 9.47 Å². The molecule has 0 saturated heterocycles. The SMILES string of the molecule is CCn1nccc1C(O)c1cc(OC)c(OC)cc1Br. The van der Waals surface area contributed by atoms with Crippen molar-refractivity contribution < 1.29 is 14.6 Å². The molecule has 108 valence electrons. The molecule has 2 aromatic rings. The lowest BCUT2D eigenvalue weighted by atomic mass is 10.1. The number of methoxy groups -OCH3 is 2. The molecule has 1 aromatic heterocycles. The molecule has 0 bridgehead atoms. The predicted octanol–water partition coefficient (Wildman–Crippen LogP) is 2.76. The van der Waals surface area contributed by atoms with E-state index < -0.39 is 6.10 Å². The van der Waals surface area contributed by atoms with Gasteiger partial charge >= 0.3 is 0 Å². The van der Waals surface area contributed by atoms with Gasteiger partial charge in [0.1, 0.15) is 6.10 Å². The van der Waals surface area contributed by atoms with Crippen molar-refractivity contribution in [2.24, 2.45) is 0 Å². The normalized spacial score (nSPS) is 12.2. The average Bonchev–Trinajstić information content (AvgIpc) is 2.94. The minimum Gasteiger partial charge on any atom is -0.493 e. The topological polar surface area (TPSA) is 56.5 Å². The van der Waals surface area contributed by atoms with Crippen molar-refractivity contribution >= 4 is 15.9 Å². The van der Waals surface area contributed by atoms with Crippen LogP contribution >= 0.6 is 15.9 Å². The molecule has 2 rings (SSSR count). The molecule has 6 heteroatoms. The van der Waals surface area contributed by atoms with Crippen LogP contribution in [0.3, 0.4) is 0 Å². The molecule has 0 aliphatic rings. The standard InChI is InChI=1S/C14H17BrN2O3/c1-4-17-11(5-6-16-17)14(18)9-7-12(19-2)13(20-3)8-10(9)15/h5-8,14,18H,4H2,1-3H3. The molecule has 1 atom stereocenters. The molecular formula is C14H17BrN2O3. The van der Waals surface area contributed by atoms with Crippen molar-refractivity contribution in [2.75, 3.05) is 14.2 Å². The summed E-state index contributed by atoms with van der Waals surface area (Å²) in [5.74, 6) is 1.19. The molecule has 1 unspecified atom stereocenters. The lowest BCUT2D eigenvalue weighted by Crippen LogP contribution is -2.10. The second-order valence-electron chi connectivity index (χ2n) is 4.20. The van der Waals surface area contributed by atoms with Crippen molar-refractivity contribution in [3.63, 3.8) is 0 Å². The first kappa shape index (κ1) is 14.9. The number of aliphatic hydroxyl groups is 1. The van der Waals surface area contributed by atoms with Crippen molar-refractivity contribution in [2.45, 2.75) is 19.6 Å². The van der Waals surface area contributed by atoms with Gasteiger partial charge in [-0.15, -0.1) is 0 Å². The highest BCUT2D eigenvalue weighted by molar-refractivity contribution is 9.10. The van der Waals surface area contributed by atoms with E-state index >= 15 is 0 Å². The zero-order valence-corrected chi connectivity index (χ0v) is 13.2. The van der Waals surface area contributed by atoms with Crippen LogP contribution in [0.5, 0.6) is 11.5 Å². The minimum absolute atomic E-state index is 0.576. The van der Waals surface area contributed by atoms with Gasteiger partial charge < -0.3 is 14.6 Å². The molecule has 0 fully saturated rings. The fourth-order valence-electron chi connectivity index (χ4n) is 2.08. The second-order valence-corrected chi connectivity index (χ2v) is 5.06. The van der Waals surface area contributed by atoms with E-state index in [2.05, 4.69) is 21.0 Å². The number of hydrogen-bond donors (Lipinski definition) is 1. The Labute approximate surface area is 126 Å². The monoisotopic (exact) mass is 340 g/mol. The third-order valence-corrected chi connectivity index (χ3v) is 3.81. The average molecular weight is 341 g/mol. The van der Waals surface area contributed by atoms with Crippen LogP contribution in [0.15, 0.2) is 28.9 Å². The molecule has 0 aliphatic carbocycles. The maximum absolute atomic E-state index is 10.6. The predicted molar refractivity (Wildman–Crippen MR) is 79.2 cm³/mol. The number of aliphatic hydroxyl groups excluding tert-OH is 1. The van der Waals surface area contributed by atoms with E-state index in [4.69, 9.17) is 9.47 Å². The summed E-state index contributed by atoms with van der Waals surface area (Å²) in [5, 5.41) is 14.7. The van der Waals surface area contributed by atoms with Crippen molar-refractivity contribution in [1.29, 1.82) is 0 Å². The number of nitrogens with zero attached hydrogens (tertiary/aromatic N) is 2. The van der Waals surface area contributed by atoms with Crippen LogP contribution in [-0.4, -0.2) is 29.1 Å². The molecule has 1 N–H and O–H groups in total. The van der Waals surface area contributed by atoms with Gasteiger partial charge in [0.2, 0.25) is 0 Å². The van der Waals surface area contributed by atoms with Gasteiger partial charge in [-0.25, -0.2) is 0 Å². The van der Waals surface area contributed by atoms with Gasteiger partial charge in [0.15, 0.2) is 11.5 Å². The Bertz CT molecular complexity index is 598. The van der Waals surface area contributed by atoms with Crippen LogP contribution in [0, 0.1) is 0 Å². The summed E-state index contributed by atoms with van der Waals surface area (Å²) >= 11 is 3.46. The maximum Gasteiger partial charge on any atom is 0.161 e. The van der Waals surface area contributed by atoms with Crippen LogP contribution in [0.4, 0.5) is 0 Å². The van der Waals surface area contributed by atoms with Crippen LogP contribution in [0.1, 0.15) is 24.3 Å². The van der Waals surface area contributed by atoms with Gasteiger partial charge in [-0.05, 0) is 25.1 Å². The van der Waals surface area contributed by atoms with E-state index in [9.17, 15) is 5.11 Å². The summed E-state index contributed by atoms with van der Waals surface area (Å²) < 4.78 is 13.0. The van der Waals surface area contributed by atoms with Gasteiger partial charge in [0, 0.05) is 22.8 Å². The first-order chi connectivity index (χ1) is 9.62. The molecule has 0 spiro atoms. The Morgan fingerprint density at radius 2 is 1.95 bits per heavy atom. The third kappa shape index (κ3) is 2.66. The number of aryl methyl sites for hydroxylation is 1. The molecule has 1 heterocycles. The molecule has 1 aromatic carbocycles. The zero-order valence-electron chi connectivity index (χ0n) is 11.6. The highest BCUT2D eigenvalue weighted by Gasteiger charge is 2.20. The molecule has 5 nitrogen and oxygen atoms in total. The number of rotatable bonds is 5. The summed E-state index contributed by atoms with van der Waals surface area (Å²) in [6.07, 6.45) is 0.892. The van der Waals surface area contributed by atoms with Crippen LogP contribution in [-0.2, 0) is 6.54 Å². The largest absolute Gasteiger partial charge is 0.493 e. The molecule has 20 heavy (non-hydrogen) atoms. The van der Waals surface area contributed by atoms with Crippen molar-refractivity contribution in [3.05, 3.63) is 40.1 Å². The Hall–Kier alpha value is -1.53. The number of benzene rings is 1. The second kappa shape index (κ2) is 6.28. The summed E-state index contributed by atoms with van der Waals surface area (Å²) in [5.41, 5.74) is 1.44. The number of halogens is 1. The number of ether oxygens (including phenoxy) is 2. The van der Waals surface area contributed by atoms with Crippen LogP contribution in [0.25, 0.3) is 0 Å². The number of aromatic nitrogens is 2. The highest BCUT2D eigenvalue weighted by Crippen LogP contribution is 2.37. The van der Waals surface area contributed by atoms with Gasteiger partial charge in [0.05, 0.1) is 19.9 Å². The maximum atomic E-state index is 10.6. The summed E-state index contributed by atoms with van der Waals surface area (Å²) in [4.78, 5) is 0. The van der Waals surface area contributed by atoms with E-state index in [0.29, 0.717) is 23.6 Å². The number of hydrogen-bond acceptors (Lipinski definition) is 4. The van der Waals surface area contributed by atoms with Crippen LogP contribution in [0.2, 0.25) is 0 Å². The Kier molecular flexibility index (Phi) is 4.67. The molecule has 0 amide bonds. The first-order valence-corrected chi connectivity index (χ1v) is 7.02. The molecule has 0 aliphatic heterocycles. The first-order valence-electron chi connectivity index (χ1n) is 6.23. The summed E-state index contributed by atoms with van der Waals surface area (Å²) in [6.45, 7) is 2.68. The smallest absolute Gasteiger partial charge is 0.161 e. The van der Waals surface area contributed by atoms with E-state index in [0.717, 1.165) is 10.2 Å². The Balaban J connectivity index is 2.46. The van der Waals surface area contributed by atoms with Gasteiger partial charge in [-0.2, -0.15) is 5.10 Å². The third-order valence-electron chi connectivity index (χ3n) is 3.13. The Morgan fingerprint density at radius 1 is 1.30 bits per heavy atom.